The van der Waals surface area contributed by atoms with Gasteiger partial charge in [-0.25, -0.2) is 9.59 Å². The molecule has 0 aliphatic heterocycles. The number of benzene rings is 1. The zero-order chi connectivity index (χ0) is 26.3. The van der Waals surface area contributed by atoms with E-state index in [2.05, 4.69) is 5.32 Å². The Bertz CT molecular complexity index is 865. The summed E-state index contributed by atoms with van der Waals surface area (Å²) in [6.07, 6.45) is -0.695. The summed E-state index contributed by atoms with van der Waals surface area (Å²) in [6.45, 7) is 9.95. The summed E-state index contributed by atoms with van der Waals surface area (Å²) in [5.74, 6) is -0.594. The predicted molar refractivity (Wildman–Crippen MR) is 127 cm³/mol. The van der Waals surface area contributed by atoms with Gasteiger partial charge in [0.25, 0.3) is 10.1 Å². The van der Waals surface area contributed by atoms with E-state index >= 15 is 0 Å². The lowest BCUT2D eigenvalue weighted by atomic mass is 10.2. The largest absolute Gasteiger partial charge is 0.462 e. The second-order valence-electron chi connectivity index (χ2n) is 8.46. The highest BCUT2D eigenvalue weighted by Gasteiger charge is 2.21. The van der Waals surface area contributed by atoms with Gasteiger partial charge < -0.3 is 29.0 Å². The van der Waals surface area contributed by atoms with Crippen molar-refractivity contribution in [3.05, 3.63) is 29.8 Å². The highest BCUT2D eigenvalue weighted by atomic mass is 32.2. The Morgan fingerprint density at radius 3 is 1.86 bits per heavy atom. The quantitative estimate of drug-likeness (QED) is 0.197. The van der Waals surface area contributed by atoms with Gasteiger partial charge in [-0.15, -0.1) is 0 Å². The van der Waals surface area contributed by atoms with Crippen molar-refractivity contribution >= 4 is 22.2 Å². The topological polar surface area (TPSA) is 136 Å². The molecular formula is C23H37NO10S. The molecule has 0 heterocycles. The number of amides is 1. The van der Waals surface area contributed by atoms with Crippen LogP contribution in [0.1, 0.15) is 33.3 Å². The van der Waals surface area contributed by atoms with Crippen LogP contribution in [0, 0.1) is 6.92 Å². The summed E-state index contributed by atoms with van der Waals surface area (Å²) in [4.78, 5) is 23.6. The zero-order valence-electron chi connectivity index (χ0n) is 21.0. The molecule has 0 unspecified atom stereocenters. The van der Waals surface area contributed by atoms with Gasteiger partial charge in [0.2, 0.25) is 0 Å². The van der Waals surface area contributed by atoms with Crippen molar-refractivity contribution in [3.8, 4) is 0 Å². The van der Waals surface area contributed by atoms with Crippen LogP contribution in [0.4, 0.5) is 4.79 Å². The van der Waals surface area contributed by atoms with Crippen molar-refractivity contribution in [2.75, 3.05) is 52.9 Å². The van der Waals surface area contributed by atoms with E-state index in [1.807, 2.05) is 6.92 Å². The maximum Gasteiger partial charge on any atom is 0.408 e. The molecular weight excluding hydrogens is 482 g/mol. The molecule has 200 valence electrons. The molecule has 11 nitrogen and oxygen atoms in total. The Kier molecular flexibility index (Phi) is 13.8. The maximum atomic E-state index is 12.0. The van der Waals surface area contributed by atoms with Gasteiger partial charge in [0.15, 0.2) is 0 Å². The Hall–Kier alpha value is -2.25. The molecule has 1 rings (SSSR count). The molecule has 0 radical (unpaired) electrons. The maximum absolute atomic E-state index is 12.0. The minimum Gasteiger partial charge on any atom is -0.462 e. The Balaban J connectivity index is 1.97. The van der Waals surface area contributed by atoms with Gasteiger partial charge in [0, 0.05) is 0 Å². The molecule has 0 bridgehead atoms. The highest BCUT2D eigenvalue weighted by molar-refractivity contribution is 7.86. The van der Waals surface area contributed by atoms with E-state index in [4.69, 9.17) is 27.9 Å². The molecule has 12 heteroatoms. The summed E-state index contributed by atoms with van der Waals surface area (Å²) in [5, 5.41) is 2.40. The van der Waals surface area contributed by atoms with Crippen molar-refractivity contribution < 1.29 is 45.9 Å². The van der Waals surface area contributed by atoms with Crippen LogP contribution in [0.3, 0.4) is 0 Å². The van der Waals surface area contributed by atoms with E-state index in [1.165, 1.54) is 19.1 Å². The van der Waals surface area contributed by atoms with E-state index in [0.29, 0.717) is 19.8 Å². The normalized spacial score (nSPS) is 12.7. The Morgan fingerprint density at radius 1 is 0.857 bits per heavy atom. The van der Waals surface area contributed by atoms with Crippen LogP contribution >= 0.6 is 0 Å². The lowest BCUT2D eigenvalue weighted by Crippen LogP contribution is -2.42. The monoisotopic (exact) mass is 519 g/mol. The molecule has 0 aliphatic carbocycles. The fourth-order valence-corrected chi connectivity index (χ4v) is 3.28. The first-order valence-electron chi connectivity index (χ1n) is 11.3. The number of rotatable bonds is 16. The van der Waals surface area contributed by atoms with Crippen molar-refractivity contribution in [2.45, 2.75) is 51.2 Å². The molecule has 0 saturated carbocycles. The molecule has 0 saturated heterocycles. The highest BCUT2D eigenvalue weighted by Crippen LogP contribution is 2.13. The smallest absolute Gasteiger partial charge is 0.408 e. The third-order valence-corrected chi connectivity index (χ3v) is 5.41. The number of nitrogens with one attached hydrogen (secondary N) is 1. The second-order valence-corrected chi connectivity index (χ2v) is 10.1. The van der Waals surface area contributed by atoms with Gasteiger partial charge in [0.05, 0.1) is 51.1 Å². The molecule has 35 heavy (non-hydrogen) atoms. The van der Waals surface area contributed by atoms with E-state index in [0.717, 1.165) is 5.56 Å². The van der Waals surface area contributed by atoms with Gasteiger partial charge in [0.1, 0.15) is 18.2 Å². The van der Waals surface area contributed by atoms with Gasteiger partial charge >= 0.3 is 12.1 Å². The summed E-state index contributed by atoms with van der Waals surface area (Å²) < 4.78 is 55.0. The summed E-state index contributed by atoms with van der Waals surface area (Å²) in [7, 11) is -3.80. The predicted octanol–water partition coefficient (Wildman–Crippen LogP) is 2.21. The Morgan fingerprint density at radius 2 is 1.34 bits per heavy atom. The van der Waals surface area contributed by atoms with E-state index in [9.17, 15) is 18.0 Å². The van der Waals surface area contributed by atoms with E-state index in [-0.39, 0.29) is 37.9 Å². The molecule has 0 spiro atoms. The summed E-state index contributed by atoms with van der Waals surface area (Å²) in [6, 6.07) is 5.55. The third kappa shape index (κ3) is 14.7. The number of ether oxygens (including phenoxy) is 5. The van der Waals surface area contributed by atoms with Crippen LogP contribution in [0.25, 0.3) is 0 Å². The molecule has 0 aromatic heterocycles. The molecule has 1 aromatic rings. The molecule has 1 atom stereocenters. The van der Waals surface area contributed by atoms with Crippen molar-refractivity contribution in [1.82, 2.24) is 5.32 Å². The average Bonchev–Trinajstić information content (AvgIpc) is 2.75. The first kappa shape index (κ1) is 30.8. The van der Waals surface area contributed by atoms with Gasteiger partial charge in [-0.05, 0) is 46.8 Å². The number of aryl methyl sites for hydroxylation is 1. The standard InChI is InChI=1S/C23H37NO10S/c1-18-6-8-20(9-7-18)35(27,28)33-17-15-31-13-11-29-10-12-30-14-16-32-21(25)19(2)24-22(26)34-23(3,4)5/h6-9,19H,10-17H2,1-5H3,(H,24,26)/t19-/m1/s1. The number of esters is 1. The van der Waals surface area contributed by atoms with Crippen LogP contribution in [0.2, 0.25) is 0 Å². The van der Waals surface area contributed by atoms with Gasteiger partial charge in [-0.3, -0.25) is 4.18 Å². The lowest BCUT2D eigenvalue weighted by Gasteiger charge is -2.21. The summed E-state index contributed by atoms with van der Waals surface area (Å²) >= 11 is 0. The van der Waals surface area contributed by atoms with Gasteiger partial charge in [-0.2, -0.15) is 8.42 Å². The molecule has 1 aromatic carbocycles. The number of carbonyl (C=O) groups excluding carboxylic acids is 2. The first-order chi connectivity index (χ1) is 16.4. The van der Waals surface area contributed by atoms with E-state index < -0.39 is 33.8 Å². The first-order valence-corrected chi connectivity index (χ1v) is 12.7. The lowest BCUT2D eigenvalue weighted by molar-refractivity contribution is -0.147. The fraction of sp³-hybridized carbons (Fsp3) is 0.652. The van der Waals surface area contributed by atoms with Crippen LogP contribution in [-0.4, -0.2) is 85.0 Å². The minimum atomic E-state index is -3.80. The fourth-order valence-electron chi connectivity index (χ4n) is 2.39. The van der Waals surface area contributed by atoms with Crippen molar-refractivity contribution in [2.24, 2.45) is 0 Å². The second kappa shape index (κ2) is 15.7. The van der Waals surface area contributed by atoms with Crippen molar-refractivity contribution in [1.29, 1.82) is 0 Å². The van der Waals surface area contributed by atoms with E-state index in [1.54, 1.807) is 32.9 Å². The van der Waals surface area contributed by atoms with Gasteiger partial charge in [-0.1, -0.05) is 17.7 Å². The number of alkyl carbamates (subject to hydrolysis) is 1. The molecule has 1 N–H and O–H groups in total. The zero-order valence-corrected chi connectivity index (χ0v) is 21.9. The SMILES string of the molecule is Cc1ccc(S(=O)(=O)OCCOCCOCCOCCOC(=O)[C@@H](C)NC(=O)OC(C)(C)C)cc1. The third-order valence-electron chi connectivity index (χ3n) is 4.08. The number of hydrogen-bond acceptors (Lipinski definition) is 10. The number of carbonyl (C=O) groups is 2. The molecule has 0 aliphatic rings. The van der Waals surface area contributed by atoms with Crippen LogP contribution in [-0.2, 0) is 42.8 Å². The summed E-state index contributed by atoms with van der Waals surface area (Å²) in [5.41, 5.74) is 0.301. The van der Waals surface area contributed by atoms with Crippen molar-refractivity contribution in [3.63, 3.8) is 0 Å². The van der Waals surface area contributed by atoms with Crippen LogP contribution in [0.15, 0.2) is 29.2 Å². The number of hydrogen-bond donors (Lipinski definition) is 1. The van der Waals surface area contributed by atoms with Crippen LogP contribution in [0.5, 0.6) is 0 Å². The molecule has 1 amide bonds. The van der Waals surface area contributed by atoms with Crippen LogP contribution < -0.4 is 5.32 Å². The Labute approximate surface area is 207 Å². The minimum absolute atomic E-state index is 0.0355. The average molecular weight is 520 g/mol. The molecule has 0 fully saturated rings.